The maximum atomic E-state index is 12.2. The Balaban J connectivity index is 1.80. The van der Waals surface area contributed by atoms with Gasteiger partial charge in [0, 0.05) is 29.9 Å². The molecule has 0 saturated carbocycles. The van der Waals surface area contributed by atoms with Gasteiger partial charge < -0.3 is 14.4 Å². The molecule has 3 heterocycles. The fourth-order valence-corrected chi connectivity index (χ4v) is 3.79. The second-order valence-corrected chi connectivity index (χ2v) is 6.76. The minimum atomic E-state index is -0.355. The second-order valence-electron chi connectivity index (χ2n) is 5.44. The van der Waals surface area contributed by atoms with Crippen LogP contribution in [-0.2, 0) is 14.3 Å². The van der Waals surface area contributed by atoms with Crippen molar-refractivity contribution in [3.05, 3.63) is 21.9 Å². The van der Waals surface area contributed by atoms with Crippen LogP contribution < -0.4 is 5.32 Å². The summed E-state index contributed by atoms with van der Waals surface area (Å²) < 4.78 is 11.1. The highest BCUT2D eigenvalue weighted by Gasteiger charge is 2.42. The molecular formula is C14H20N2O3S. The van der Waals surface area contributed by atoms with Crippen LogP contribution >= 0.6 is 11.3 Å². The van der Waals surface area contributed by atoms with Gasteiger partial charge in [0.15, 0.2) is 0 Å². The van der Waals surface area contributed by atoms with Crippen LogP contribution in [0.25, 0.3) is 0 Å². The Labute approximate surface area is 122 Å². The minimum absolute atomic E-state index is 0.0335. The van der Waals surface area contributed by atoms with Crippen molar-refractivity contribution in [2.24, 2.45) is 0 Å². The van der Waals surface area contributed by atoms with Gasteiger partial charge in [0.05, 0.1) is 19.7 Å². The number of carbonyl (C=O) groups excluding carboxylic acids is 1. The van der Waals surface area contributed by atoms with Gasteiger partial charge in [0.25, 0.3) is 0 Å². The molecule has 0 aromatic carbocycles. The lowest BCUT2D eigenvalue weighted by atomic mass is 10.0. The highest BCUT2D eigenvalue weighted by atomic mass is 32.1. The zero-order chi connectivity index (χ0) is 14.2. The molecule has 1 aromatic heterocycles. The number of carbonyl (C=O) groups is 1. The van der Waals surface area contributed by atoms with E-state index < -0.39 is 0 Å². The summed E-state index contributed by atoms with van der Waals surface area (Å²) in [5, 5.41) is 3.29. The average molecular weight is 296 g/mol. The summed E-state index contributed by atoms with van der Waals surface area (Å²) in [5.41, 5.74) is -0.355. The standard InChI is InChI=1S/C14H20N2O3S/c1-10-3-4-11(20-10)13-15-7-12(17)16(13)8-14(18-2)5-6-19-9-14/h3-4,13,15H,5-9H2,1-2H3. The normalized spacial score (nSPS) is 30.4. The van der Waals surface area contributed by atoms with Gasteiger partial charge in [-0.25, -0.2) is 0 Å². The molecule has 2 aliphatic heterocycles. The predicted octanol–water partition coefficient (Wildman–Crippen LogP) is 1.29. The van der Waals surface area contributed by atoms with Crippen LogP contribution in [0.1, 0.15) is 22.3 Å². The van der Waals surface area contributed by atoms with E-state index in [1.807, 2.05) is 4.90 Å². The summed E-state index contributed by atoms with van der Waals surface area (Å²) in [6.45, 7) is 4.31. The van der Waals surface area contributed by atoms with E-state index in [4.69, 9.17) is 9.47 Å². The summed E-state index contributed by atoms with van der Waals surface area (Å²) in [4.78, 5) is 16.5. The Bertz CT molecular complexity index is 496. The average Bonchev–Trinajstić information content (AvgIpc) is 3.14. The number of nitrogens with one attached hydrogen (secondary N) is 1. The molecule has 2 saturated heterocycles. The zero-order valence-corrected chi connectivity index (χ0v) is 12.7. The van der Waals surface area contributed by atoms with E-state index in [-0.39, 0.29) is 17.7 Å². The van der Waals surface area contributed by atoms with Crippen molar-refractivity contribution in [1.29, 1.82) is 0 Å². The number of amides is 1. The van der Waals surface area contributed by atoms with Crippen molar-refractivity contribution in [2.45, 2.75) is 25.1 Å². The molecule has 0 bridgehead atoms. The maximum Gasteiger partial charge on any atom is 0.238 e. The topological polar surface area (TPSA) is 50.8 Å². The lowest BCUT2D eigenvalue weighted by Gasteiger charge is -2.33. The minimum Gasteiger partial charge on any atom is -0.378 e. The van der Waals surface area contributed by atoms with Gasteiger partial charge >= 0.3 is 0 Å². The van der Waals surface area contributed by atoms with Crippen LogP contribution in [0.2, 0.25) is 0 Å². The molecule has 2 aliphatic rings. The van der Waals surface area contributed by atoms with Crippen LogP contribution in [0.4, 0.5) is 0 Å². The third-order valence-corrected chi connectivity index (χ3v) is 5.12. The van der Waals surface area contributed by atoms with E-state index in [0.29, 0.717) is 26.3 Å². The van der Waals surface area contributed by atoms with Crippen molar-refractivity contribution in [3.8, 4) is 0 Å². The maximum absolute atomic E-state index is 12.2. The van der Waals surface area contributed by atoms with E-state index >= 15 is 0 Å². The molecule has 110 valence electrons. The highest BCUT2D eigenvalue weighted by molar-refractivity contribution is 7.12. The van der Waals surface area contributed by atoms with Crippen LogP contribution in [0.15, 0.2) is 12.1 Å². The quantitative estimate of drug-likeness (QED) is 0.910. The third-order valence-electron chi connectivity index (χ3n) is 4.07. The fraction of sp³-hybridized carbons (Fsp3) is 0.643. The number of rotatable bonds is 4. The highest BCUT2D eigenvalue weighted by Crippen LogP contribution is 2.32. The summed E-state index contributed by atoms with van der Waals surface area (Å²) >= 11 is 1.73. The van der Waals surface area contributed by atoms with Gasteiger partial charge in [-0.3, -0.25) is 10.1 Å². The zero-order valence-electron chi connectivity index (χ0n) is 11.8. The van der Waals surface area contributed by atoms with Crippen molar-refractivity contribution >= 4 is 17.2 Å². The van der Waals surface area contributed by atoms with E-state index in [2.05, 4.69) is 24.4 Å². The Kier molecular flexibility index (Phi) is 3.81. The number of nitrogens with zero attached hydrogens (tertiary/aromatic N) is 1. The SMILES string of the molecule is COC1(CN2C(=O)CNC2c2ccc(C)s2)CCOC1. The molecule has 2 atom stereocenters. The van der Waals surface area contributed by atoms with Gasteiger partial charge in [-0.2, -0.15) is 0 Å². The fourth-order valence-electron chi connectivity index (χ4n) is 2.82. The monoisotopic (exact) mass is 296 g/mol. The third kappa shape index (κ3) is 2.48. The molecule has 0 aliphatic carbocycles. The number of ether oxygens (including phenoxy) is 2. The first-order valence-electron chi connectivity index (χ1n) is 6.86. The second kappa shape index (κ2) is 5.44. The Morgan fingerprint density at radius 1 is 1.60 bits per heavy atom. The first-order valence-corrected chi connectivity index (χ1v) is 7.67. The van der Waals surface area contributed by atoms with Gasteiger partial charge in [0.1, 0.15) is 11.8 Å². The molecular weight excluding hydrogens is 276 g/mol. The Morgan fingerprint density at radius 3 is 3.05 bits per heavy atom. The molecule has 20 heavy (non-hydrogen) atoms. The largest absolute Gasteiger partial charge is 0.378 e. The molecule has 3 rings (SSSR count). The summed E-state index contributed by atoms with van der Waals surface area (Å²) in [7, 11) is 1.70. The number of hydrogen-bond donors (Lipinski definition) is 1. The van der Waals surface area contributed by atoms with Crippen LogP contribution in [0.3, 0.4) is 0 Å². The van der Waals surface area contributed by atoms with E-state index in [1.165, 1.54) is 9.75 Å². The van der Waals surface area contributed by atoms with Gasteiger partial charge in [-0.1, -0.05) is 0 Å². The van der Waals surface area contributed by atoms with E-state index in [0.717, 1.165) is 6.42 Å². The predicted molar refractivity (Wildman–Crippen MR) is 76.7 cm³/mol. The van der Waals surface area contributed by atoms with Crippen molar-refractivity contribution < 1.29 is 14.3 Å². The van der Waals surface area contributed by atoms with Crippen molar-refractivity contribution in [1.82, 2.24) is 10.2 Å². The van der Waals surface area contributed by atoms with Crippen LogP contribution in [-0.4, -0.2) is 49.8 Å². The first kappa shape index (κ1) is 14.0. The Hall–Kier alpha value is -0.950. The number of hydrogen-bond acceptors (Lipinski definition) is 5. The summed E-state index contributed by atoms with van der Waals surface area (Å²) in [6, 6.07) is 4.18. The van der Waals surface area contributed by atoms with E-state index in [9.17, 15) is 4.79 Å². The lowest BCUT2D eigenvalue weighted by Crippen LogP contribution is -2.47. The summed E-state index contributed by atoms with van der Waals surface area (Å²) in [6.07, 6.45) is 0.803. The van der Waals surface area contributed by atoms with Crippen molar-refractivity contribution in [3.63, 3.8) is 0 Å². The molecule has 5 nitrogen and oxygen atoms in total. The van der Waals surface area contributed by atoms with Gasteiger partial charge in [-0.05, 0) is 19.1 Å². The van der Waals surface area contributed by atoms with Crippen molar-refractivity contribution in [2.75, 3.05) is 33.4 Å². The number of aryl methyl sites for hydroxylation is 1. The van der Waals surface area contributed by atoms with Crippen LogP contribution in [0, 0.1) is 6.92 Å². The molecule has 1 N–H and O–H groups in total. The molecule has 2 fully saturated rings. The number of methoxy groups -OCH3 is 1. The van der Waals surface area contributed by atoms with Gasteiger partial charge in [-0.15, -0.1) is 11.3 Å². The van der Waals surface area contributed by atoms with Crippen LogP contribution in [0.5, 0.6) is 0 Å². The molecule has 2 unspecified atom stereocenters. The smallest absolute Gasteiger partial charge is 0.238 e. The van der Waals surface area contributed by atoms with E-state index in [1.54, 1.807) is 18.4 Å². The first-order chi connectivity index (χ1) is 9.63. The Morgan fingerprint density at radius 2 is 2.45 bits per heavy atom. The molecule has 0 radical (unpaired) electrons. The van der Waals surface area contributed by atoms with Gasteiger partial charge in [0.2, 0.25) is 5.91 Å². The molecule has 1 amide bonds. The lowest BCUT2D eigenvalue weighted by molar-refractivity contribution is -0.133. The molecule has 0 spiro atoms. The number of thiophene rings is 1. The molecule has 1 aromatic rings. The summed E-state index contributed by atoms with van der Waals surface area (Å²) in [5.74, 6) is 0.129. The molecule has 6 heteroatoms.